The summed E-state index contributed by atoms with van der Waals surface area (Å²) in [7, 11) is 0. The molecule has 140 valence electrons. The first-order valence-corrected chi connectivity index (χ1v) is 9.14. The Balaban J connectivity index is 1.48. The number of anilines is 1. The number of hydrogen-bond donors (Lipinski definition) is 0. The van der Waals surface area contributed by atoms with E-state index in [4.69, 9.17) is 5.26 Å². The maximum Gasteiger partial charge on any atom is 0.293 e. The van der Waals surface area contributed by atoms with Gasteiger partial charge in [0.2, 0.25) is 0 Å². The fraction of sp³-hybridized carbons (Fsp3) is 0.238. The molecule has 1 saturated heterocycles. The minimum Gasteiger partial charge on any atom is -0.363 e. The van der Waals surface area contributed by atoms with E-state index < -0.39 is 4.92 Å². The lowest BCUT2D eigenvalue weighted by Crippen LogP contribution is -2.46. The molecule has 2 heterocycles. The van der Waals surface area contributed by atoms with Crippen LogP contribution in [0.1, 0.15) is 11.1 Å². The van der Waals surface area contributed by atoms with Gasteiger partial charge in [-0.1, -0.05) is 24.3 Å². The highest BCUT2D eigenvalue weighted by Crippen LogP contribution is 2.30. The van der Waals surface area contributed by atoms with Gasteiger partial charge in [-0.15, -0.1) is 0 Å². The zero-order valence-electron chi connectivity index (χ0n) is 15.3. The van der Waals surface area contributed by atoms with Gasteiger partial charge in [0.1, 0.15) is 5.69 Å². The molecule has 0 unspecified atom stereocenters. The van der Waals surface area contributed by atoms with Gasteiger partial charge in [0.05, 0.1) is 22.1 Å². The predicted octanol–water partition coefficient (Wildman–Crippen LogP) is 3.34. The third kappa shape index (κ3) is 3.50. The van der Waals surface area contributed by atoms with Crippen LogP contribution in [0.3, 0.4) is 0 Å². The van der Waals surface area contributed by atoms with Gasteiger partial charge in [-0.2, -0.15) is 5.26 Å². The number of rotatable bonds is 4. The van der Waals surface area contributed by atoms with E-state index >= 15 is 0 Å². The van der Waals surface area contributed by atoms with Crippen molar-refractivity contribution < 1.29 is 4.92 Å². The van der Waals surface area contributed by atoms with Crippen molar-refractivity contribution in [2.75, 3.05) is 31.1 Å². The van der Waals surface area contributed by atoms with E-state index in [-0.39, 0.29) is 5.69 Å². The van der Waals surface area contributed by atoms with Crippen molar-refractivity contribution in [3.05, 3.63) is 76.0 Å². The molecule has 0 N–H and O–H groups in total. The summed E-state index contributed by atoms with van der Waals surface area (Å²) < 4.78 is 0. The van der Waals surface area contributed by atoms with Gasteiger partial charge in [0.15, 0.2) is 0 Å². The summed E-state index contributed by atoms with van der Waals surface area (Å²) in [5.74, 6) is 0. The van der Waals surface area contributed by atoms with Crippen LogP contribution in [0.15, 0.2) is 54.7 Å². The monoisotopic (exact) mass is 373 g/mol. The summed E-state index contributed by atoms with van der Waals surface area (Å²) in [5, 5.41) is 21.5. The summed E-state index contributed by atoms with van der Waals surface area (Å²) in [6.45, 7) is 3.81. The van der Waals surface area contributed by atoms with Gasteiger partial charge in [-0.05, 0) is 23.8 Å². The van der Waals surface area contributed by atoms with Gasteiger partial charge in [-0.3, -0.25) is 20.0 Å². The van der Waals surface area contributed by atoms with E-state index in [1.54, 1.807) is 12.1 Å². The lowest BCUT2D eigenvalue weighted by molar-refractivity contribution is -0.384. The number of nitro benzene ring substituents is 1. The van der Waals surface area contributed by atoms with Crippen LogP contribution in [0.25, 0.3) is 10.9 Å². The van der Waals surface area contributed by atoms with Crippen molar-refractivity contribution in [1.82, 2.24) is 9.88 Å². The Morgan fingerprint density at radius 3 is 2.64 bits per heavy atom. The Hall–Kier alpha value is -3.50. The molecule has 0 amide bonds. The van der Waals surface area contributed by atoms with Crippen LogP contribution in [0.4, 0.5) is 11.4 Å². The van der Waals surface area contributed by atoms with Crippen LogP contribution < -0.4 is 4.90 Å². The number of piperazine rings is 1. The number of nitrogens with zero attached hydrogens (tertiary/aromatic N) is 5. The number of pyridine rings is 1. The van der Waals surface area contributed by atoms with E-state index in [1.165, 1.54) is 11.6 Å². The molecule has 3 aromatic rings. The molecule has 7 heteroatoms. The molecule has 0 bridgehead atoms. The quantitative estimate of drug-likeness (QED) is 0.515. The Morgan fingerprint density at radius 1 is 1.11 bits per heavy atom. The third-order valence-electron chi connectivity index (χ3n) is 5.12. The fourth-order valence-electron chi connectivity index (χ4n) is 3.69. The van der Waals surface area contributed by atoms with Crippen molar-refractivity contribution in [2.45, 2.75) is 6.54 Å². The second-order valence-corrected chi connectivity index (χ2v) is 6.83. The maximum absolute atomic E-state index is 11.4. The highest BCUT2D eigenvalue weighted by Gasteiger charge is 2.24. The molecule has 1 aliphatic heterocycles. The van der Waals surface area contributed by atoms with E-state index in [2.05, 4.69) is 34.1 Å². The molecule has 7 nitrogen and oxygen atoms in total. The van der Waals surface area contributed by atoms with Gasteiger partial charge in [0.25, 0.3) is 5.69 Å². The van der Waals surface area contributed by atoms with E-state index in [1.807, 2.05) is 23.2 Å². The molecule has 4 rings (SSSR count). The largest absolute Gasteiger partial charge is 0.363 e. The molecule has 1 aromatic heterocycles. The summed E-state index contributed by atoms with van der Waals surface area (Å²) in [5.41, 5.74) is 3.09. The minimum atomic E-state index is -0.412. The van der Waals surface area contributed by atoms with Crippen LogP contribution in [-0.4, -0.2) is 41.0 Å². The molecule has 1 fully saturated rings. The maximum atomic E-state index is 11.4. The van der Waals surface area contributed by atoms with Crippen molar-refractivity contribution in [1.29, 1.82) is 5.26 Å². The molecular weight excluding hydrogens is 354 g/mol. The molecule has 0 aliphatic carbocycles. The molecule has 0 radical (unpaired) electrons. The summed E-state index contributed by atoms with van der Waals surface area (Å²) in [4.78, 5) is 19.9. The third-order valence-corrected chi connectivity index (χ3v) is 5.12. The Kier molecular flexibility index (Phi) is 4.87. The Bertz CT molecular complexity index is 1060. The van der Waals surface area contributed by atoms with Gasteiger partial charge in [-0.25, -0.2) is 0 Å². The average molecular weight is 373 g/mol. The average Bonchev–Trinajstić information content (AvgIpc) is 2.74. The summed E-state index contributed by atoms with van der Waals surface area (Å²) in [6, 6.07) is 16.9. The standard InChI is InChI=1S/C21H19N5O2/c22-14-16-6-7-19(20(13-16)26(27)28)25-11-9-24(10-12-25)15-18-4-1-3-17-5-2-8-23-21(17)18/h1-8,13H,9-12,15H2. The van der Waals surface area contributed by atoms with Crippen LogP contribution in [0, 0.1) is 21.4 Å². The summed E-state index contributed by atoms with van der Waals surface area (Å²) >= 11 is 0. The zero-order chi connectivity index (χ0) is 19.5. The fourth-order valence-corrected chi connectivity index (χ4v) is 3.69. The first-order chi connectivity index (χ1) is 13.7. The normalized spacial score (nSPS) is 14.8. The number of nitriles is 1. The first-order valence-electron chi connectivity index (χ1n) is 9.14. The molecule has 28 heavy (non-hydrogen) atoms. The highest BCUT2D eigenvalue weighted by atomic mass is 16.6. The van der Waals surface area contributed by atoms with Gasteiger partial charge >= 0.3 is 0 Å². The van der Waals surface area contributed by atoms with Gasteiger partial charge < -0.3 is 4.90 Å². The Morgan fingerprint density at radius 2 is 1.89 bits per heavy atom. The lowest BCUT2D eigenvalue weighted by Gasteiger charge is -2.35. The number of fused-ring (bicyclic) bond motifs is 1. The highest BCUT2D eigenvalue weighted by molar-refractivity contribution is 5.81. The molecule has 2 aromatic carbocycles. The smallest absolute Gasteiger partial charge is 0.293 e. The molecule has 0 spiro atoms. The number of hydrogen-bond acceptors (Lipinski definition) is 6. The van der Waals surface area contributed by atoms with Crippen molar-refractivity contribution in [3.63, 3.8) is 0 Å². The number of aromatic nitrogens is 1. The number of benzene rings is 2. The van der Waals surface area contributed by atoms with E-state index in [0.29, 0.717) is 24.3 Å². The van der Waals surface area contributed by atoms with E-state index in [9.17, 15) is 10.1 Å². The van der Waals surface area contributed by atoms with Crippen LogP contribution in [0.5, 0.6) is 0 Å². The van der Waals surface area contributed by atoms with Crippen LogP contribution >= 0.6 is 0 Å². The lowest BCUT2D eigenvalue weighted by atomic mass is 10.1. The molecule has 1 aliphatic rings. The van der Waals surface area contributed by atoms with Crippen molar-refractivity contribution in [2.24, 2.45) is 0 Å². The second kappa shape index (κ2) is 7.62. The Labute approximate surface area is 162 Å². The first kappa shape index (κ1) is 17.9. The van der Waals surface area contributed by atoms with Crippen molar-refractivity contribution >= 4 is 22.3 Å². The predicted molar refractivity (Wildman–Crippen MR) is 107 cm³/mol. The zero-order valence-corrected chi connectivity index (χ0v) is 15.3. The SMILES string of the molecule is N#Cc1ccc(N2CCN(Cc3cccc4cccnc34)CC2)c([N+](=O)[O-])c1. The molecular formula is C21H19N5O2. The summed E-state index contributed by atoms with van der Waals surface area (Å²) in [6.07, 6.45) is 1.81. The molecule has 0 atom stereocenters. The van der Waals surface area contributed by atoms with Crippen LogP contribution in [-0.2, 0) is 6.54 Å². The van der Waals surface area contributed by atoms with Gasteiger partial charge in [0, 0.05) is 50.4 Å². The minimum absolute atomic E-state index is 0.00856. The van der Waals surface area contributed by atoms with E-state index in [0.717, 1.165) is 30.5 Å². The number of nitro groups is 1. The topological polar surface area (TPSA) is 86.3 Å². The van der Waals surface area contributed by atoms with Crippen LogP contribution in [0.2, 0.25) is 0 Å². The molecule has 0 saturated carbocycles. The second-order valence-electron chi connectivity index (χ2n) is 6.83. The van der Waals surface area contributed by atoms with Crippen molar-refractivity contribution in [3.8, 4) is 6.07 Å². The number of para-hydroxylation sites is 1.